The van der Waals surface area contributed by atoms with Crippen LogP contribution in [0.15, 0.2) is 12.4 Å². The maximum atomic E-state index is 12.2. The molecule has 1 aromatic heterocycles. The summed E-state index contributed by atoms with van der Waals surface area (Å²) in [6.07, 6.45) is 2.85. The molecule has 1 aliphatic rings. The van der Waals surface area contributed by atoms with Crippen LogP contribution in [0.3, 0.4) is 0 Å². The van der Waals surface area contributed by atoms with E-state index in [9.17, 15) is 9.59 Å². The predicted octanol–water partition coefficient (Wildman–Crippen LogP) is -0.869. The number of carbonyl (C=O) groups is 2. The van der Waals surface area contributed by atoms with E-state index in [1.807, 2.05) is 4.90 Å². The number of hydrogen-bond donors (Lipinski definition) is 1. The fourth-order valence-electron chi connectivity index (χ4n) is 2.04. The maximum Gasteiger partial charge on any atom is 0.358 e. The molecule has 114 valence electrons. The van der Waals surface area contributed by atoms with Crippen LogP contribution in [0, 0.1) is 0 Å². The molecule has 1 fully saturated rings. The van der Waals surface area contributed by atoms with Gasteiger partial charge in [-0.2, -0.15) is 0 Å². The van der Waals surface area contributed by atoms with Crippen LogP contribution in [0.2, 0.25) is 0 Å². The number of carbonyl (C=O) groups excluding carboxylic acids is 2. The van der Waals surface area contributed by atoms with Gasteiger partial charge in [0.1, 0.15) is 5.82 Å². The first-order valence-corrected chi connectivity index (χ1v) is 6.72. The van der Waals surface area contributed by atoms with Gasteiger partial charge in [0, 0.05) is 33.2 Å². The lowest BCUT2D eigenvalue weighted by Gasteiger charge is -2.29. The van der Waals surface area contributed by atoms with E-state index >= 15 is 0 Å². The maximum absolute atomic E-state index is 12.2. The highest BCUT2D eigenvalue weighted by atomic mass is 16.5. The second-order valence-corrected chi connectivity index (χ2v) is 4.74. The number of piperazine rings is 1. The third-order valence-electron chi connectivity index (χ3n) is 3.25. The summed E-state index contributed by atoms with van der Waals surface area (Å²) in [5.74, 6) is -0.0585. The van der Waals surface area contributed by atoms with E-state index in [1.54, 1.807) is 11.9 Å². The van der Waals surface area contributed by atoms with E-state index in [2.05, 4.69) is 20.0 Å². The Hall–Kier alpha value is -2.22. The van der Waals surface area contributed by atoms with Crippen molar-refractivity contribution in [2.24, 2.45) is 0 Å². The molecule has 0 spiro atoms. The molecular weight excluding hydrogens is 274 g/mol. The first kappa shape index (κ1) is 15.2. The number of amides is 1. The van der Waals surface area contributed by atoms with E-state index in [4.69, 9.17) is 0 Å². The van der Waals surface area contributed by atoms with Crippen LogP contribution in [-0.2, 0) is 9.53 Å². The lowest BCUT2D eigenvalue weighted by Crippen LogP contribution is -2.49. The highest BCUT2D eigenvalue weighted by Crippen LogP contribution is 2.09. The van der Waals surface area contributed by atoms with Crippen LogP contribution in [0.25, 0.3) is 0 Å². The minimum atomic E-state index is -0.550. The van der Waals surface area contributed by atoms with Gasteiger partial charge in [-0.1, -0.05) is 0 Å². The number of ether oxygens (including phenoxy) is 1. The van der Waals surface area contributed by atoms with E-state index in [0.29, 0.717) is 18.9 Å². The van der Waals surface area contributed by atoms with E-state index < -0.39 is 5.97 Å². The van der Waals surface area contributed by atoms with Crippen molar-refractivity contribution in [3.8, 4) is 0 Å². The molecule has 8 nitrogen and oxygen atoms in total. The summed E-state index contributed by atoms with van der Waals surface area (Å²) in [5, 5.41) is 3.20. The Labute approximate surface area is 123 Å². The average Bonchev–Trinajstić information content (AvgIpc) is 2.55. The van der Waals surface area contributed by atoms with Gasteiger partial charge in [0.15, 0.2) is 5.69 Å². The van der Waals surface area contributed by atoms with Crippen LogP contribution in [0.5, 0.6) is 0 Å². The Balaban J connectivity index is 2.00. The van der Waals surface area contributed by atoms with Crippen molar-refractivity contribution >= 4 is 17.7 Å². The van der Waals surface area contributed by atoms with Crippen LogP contribution in [0.4, 0.5) is 5.82 Å². The van der Waals surface area contributed by atoms with Gasteiger partial charge >= 0.3 is 5.97 Å². The third kappa shape index (κ3) is 3.88. The number of nitrogens with one attached hydrogen (secondary N) is 1. The number of nitrogens with zero attached hydrogens (tertiary/aromatic N) is 4. The number of esters is 1. The first-order chi connectivity index (χ1) is 10.1. The molecule has 2 rings (SSSR count). The number of anilines is 1. The molecule has 21 heavy (non-hydrogen) atoms. The van der Waals surface area contributed by atoms with Crippen molar-refractivity contribution in [1.29, 1.82) is 0 Å². The minimum Gasteiger partial charge on any atom is -0.464 e. The number of methoxy groups -OCH3 is 1. The van der Waals surface area contributed by atoms with Gasteiger partial charge in [0.25, 0.3) is 0 Å². The average molecular weight is 293 g/mol. The molecule has 0 bridgehead atoms. The van der Waals surface area contributed by atoms with Gasteiger partial charge in [0.05, 0.1) is 26.0 Å². The number of hydrogen-bond acceptors (Lipinski definition) is 7. The van der Waals surface area contributed by atoms with Gasteiger partial charge < -0.3 is 19.9 Å². The first-order valence-electron chi connectivity index (χ1n) is 6.72. The predicted molar refractivity (Wildman–Crippen MR) is 76.1 cm³/mol. The number of aromatic nitrogens is 2. The van der Waals surface area contributed by atoms with Crippen LogP contribution >= 0.6 is 0 Å². The summed E-state index contributed by atoms with van der Waals surface area (Å²) in [6, 6.07) is 0. The van der Waals surface area contributed by atoms with Crippen LogP contribution < -0.4 is 10.2 Å². The minimum absolute atomic E-state index is 0.0317. The molecular formula is C13H19N5O3. The molecule has 0 aromatic carbocycles. The van der Waals surface area contributed by atoms with Gasteiger partial charge in [-0.25, -0.2) is 9.78 Å². The van der Waals surface area contributed by atoms with Gasteiger partial charge in [-0.15, -0.1) is 0 Å². The normalized spacial score (nSPS) is 14.7. The summed E-state index contributed by atoms with van der Waals surface area (Å²) >= 11 is 0. The van der Waals surface area contributed by atoms with Gasteiger partial charge in [-0.3, -0.25) is 9.78 Å². The van der Waals surface area contributed by atoms with Crippen molar-refractivity contribution < 1.29 is 14.3 Å². The van der Waals surface area contributed by atoms with Crippen molar-refractivity contribution in [2.45, 2.75) is 0 Å². The molecule has 1 aliphatic heterocycles. The second kappa shape index (κ2) is 6.98. The molecule has 0 aliphatic carbocycles. The largest absolute Gasteiger partial charge is 0.464 e. The summed E-state index contributed by atoms with van der Waals surface area (Å²) in [7, 11) is 3.03. The third-order valence-corrected chi connectivity index (χ3v) is 3.25. The quantitative estimate of drug-likeness (QED) is 0.722. The van der Waals surface area contributed by atoms with Crippen molar-refractivity contribution in [3.05, 3.63) is 18.1 Å². The zero-order valence-corrected chi connectivity index (χ0v) is 12.2. The molecule has 0 atom stereocenters. The molecule has 1 amide bonds. The lowest BCUT2D eigenvalue weighted by molar-refractivity contribution is -0.130. The summed E-state index contributed by atoms with van der Waals surface area (Å²) in [4.78, 5) is 35.2. The van der Waals surface area contributed by atoms with E-state index in [1.165, 1.54) is 19.5 Å². The van der Waals surface area contributed by atoms with Crippen LogP contribution in [0.1, 0.15) is 10.5 Å². The highest BCUT2D eigenvalue weighted by Gasteiger charge is 2.19. The SMILES string of the molecule is COC(=O)c1cncc(N(C)CC(=O)N2CCNCC2)n1. The number of rotatable bonds is 4. The Morgan fingerprint density at radius 1 is 1.38 bits per heavy atom. The molecule has 1 saturated heterocycles. The Kier molecular flexibility index (Phi) is 5.04. The summed E-state index contributed by atoms with van der Waals surface area (Å²) < 4.78 is 4.61. The Morgan fingerprint density at radius 3 is 2.76 bits per heavy atom. The Bertz CT molecular complexity index is 516. The monoisotopic (exact) mass is 293 g/mol. The molecule has 8 heteroatoms. The molecule has 0 unspecified atom stereocenters. The highest BCUT2D eigenvalue weighted by molar-refractivity contribution is 5.87. The van der Waals surface area contributed by atoms with Crippen molar-refractivity contribution in [3.63, 3.8) is 0 Å². The van der Waals surface area contributed by atoms with Crippen molar-refractivity contribution in [2.75, 3.05) is 51.8 Å². The van der Waals surface area contributed by atoms with Crippen molar-refractivity contribution in [1.82, 2.24) is 20.2 Å². The molecule has 1 aromatic rings. The van der Waals surface area contributed by atoms with Gasteiger partial charge in [0.2, 0.25) is 5.91 Å². The lowest BCUT2D eigenvalue weighted by atomic mass is 10.3. The fraction of sp³-hybridized carbons (Fsp3) is 0.538. The summed E-state index contributed by atoms with van der Waals surface area (Å²) in [6.45, 7) is 3.24. The zero-order valence-electron chi connectivity index (χ0n) is 12.2. The van der Waals surface area contributed by atoms with E-state index in [-0.39, 0.29) is 18.1 Å². The molecule has 1 N–H and O–H groups in total. The smallest absolute Gasteiger partial charge is 0.358 e. The molecule has 0 radical (unpaired) electrons. The second-order valence-electron chi connectivity index (χ2n) is 4.74. The summed E-state index contributed by atoms with van der Waals surface area (Å²) in [5.41, 5.74) is 0.122. The van der Waals surface area contributed by atoms with Gasteiger partial charge in [-0.05, 0) is 0 Å². The number of likely N-dealkylation sites (N-methyl/N-ethyl adjacent to an activating group) is 1. The van der Waals surface area contributed by atoms with E-state index in [0.717, 1.165) is 13.1 Å². The fourth-order valence-corrected chi connectivity index (χ4v) is 2.04. The molecule has 0 saturated carbocycles. The standard InChI is InChI=1S/C13H19N5O3/c1-17(9-12(19)18-5-3-14-4-6-18)11-8-15-7-10(16-11)13(20)21-2/h7-8,14H,3-6,9H2,1-2H3. The topological polar surface area (TPSA) is 87.7 Å². The zero-order chi connectivity index (χ0) is 15.2. The Morgan fingerprint density at radius 2 is 2.10 bits per heavy atom. The van der Waals surface area contributed by atoms with Crippen LogP contribution in [-0.4, -0.2) is 73.6 Å². The molecule has 2 heterocycles.